The first-order valence-corrected chi connectivity index (χ1v) is 13.3. The lowest BCUT2D eigenvalue weighted by Crippen LogP contribution is -2.13. The monoisotopic (exact) mass is 552 g/mol. The van der Waals surface area contributed by atoms with Gasteiger partial charge in [-0.05, 0) is 67.8 Å². The number of phenols is 1. The van der Waals surface area contributed by atoms with Crippen LogP contribution in [0.25, 0.3) is 10.8 Å². The van der Waals surface area contributed by atoms with Crippen molar-refractivity contribution in [2.75, 3.05) is 33.0 Å². The zero-order valence-electron chi connectivity index (χ0n) is 23.2. The van der Waals surface area contributed by atoms with Gasteiger partial charge in [-0.15, -0.1) is 0 Å². The van der Waals surface area contributed by atoms with Crippen molar-refractivity contribution >= 4 is 28.3 Å². The van der Waals surface area contributed by atoms with Crippen molar-refractivity contribution in [2.45, 2.75) is 46.5 Å². The smallest absolute Gasteiger partial charge is 0.303 e. The van der Waals surface area contributed by atoms with E-state index in [1.807, 2.05) is 19.1 Å². The van der Waals surface area contributed by atoms with Crippen LogP contribution in [-0.2, 0) is 16.0 Å². The molecule has 0 saturated heterocycles. The molecule has 9 nitrogen and oxygen atoms in total. The minimum atomic E-state index is -0.874. The third kappa shape index (κ3) is 8.19. The van der Waals surface area contributed by atoms with Gasteiger partial charge in [0.15, 0.2) is 11.6 Å². The molecular weight excluding hydrogens is 516 g/mol. The highest BCUT2D eigenvalue weighted by Gasteiger charge is 2.16. The Kier molecular flexibility index (Phi) is 11.3. The van der Waals surface area contributed by atoms with E-state index in [4.69, 9.17) is 24.1 Å². The number of hydrogen-bond acceptors (Lipinski definition) is 8. The molecule has 0 spiro atoms. The summed E-state index contributed by atoms with van der Waals surface area (Å²) >= 11 is 0. The number of fused-ring (bicyclic) bond motifs is 1. The maximum Gasteiger partial charge on any atom is 0.303 e. The number of rotatable bonds is 17. The molecule has 0 aliphatic rings. The second-order valence-electron chi connectivity index (χ2n) is 9.28. The van der Waals surface area contributed by atoms with Crippen LogP contribution in [-0.4, -0.2) is 60.8 Å². The van der Waals surface area contributed by atoms with Crippen LogP contribution in [0, 0.1) is 0 Å². The van der Waals surface area contributed by atoms with Gasteiger partial charge in [0.05, 0.1) is 30.9 Å². The summed E-state index contributed by atoms with van der Waals surface area (Å²) in [4.78, 5) is 34.9. The van der Waals surface area contributed by atoms with Crippen LogP contribution in [0.3, 0.4) is 0 Å². The van der Waals surface area contributed by atoms with Gasteiger partial charge in [-0.2, -0.15) is 0 Å². The maximum atomic E-state index is 12.5. The number of phenolic OH excluding ortho intramolecular Hbond substituents is 1. The molecule has 0 amide bonds. The molecule has 0 bridgehead atoms. The summed E-state index contributed by atoms with van der Waals surface area (Å²) in [5.74, 6) is 0.249. The molecule has 0 aliphatic carbocycles. The summed E-state index contributed by atoms with van der Waals surface area (Å²) in [6.45, 7) is 6.14. The van der Waals surface area contributed by atoms with Crippen molar-refractivity contribution in [3.63, 3.8) is 0 Å². The van der Waals surface area contributed by atoms with Crippen molar-refractivity contribution in [1.82, 2.24) is 0 Å². The fourth-order valence-electron chi connectivity index (χ4n) is 4.32. The first-order chi connectivity index (χ1) is 19.2. The summed E-state index contributed by atoms with van der Waals surface area (Å²) in [5, 5.41) is 20.8. The van der Waals surface area contributed by atoms with E-state index in [1.165, 1.54) is 13.8 Å². The molecule has 0 heterocycles. The lowest BCUT2D eigenvalue weighted by Gasteiger charge is -2.15. The van der Waals surface area contributed by atoms with Gasteiger partial charge < -0.3 is 29.2 Å². The molecule has 3 aromatic carbocycles. The fraction of sp³-hybridized carbons (Fsp3) is 0.387. The van der Waals surface area contributed by atoms with Gasteiger partial charge in [-0.1, -0.05) is 25.5 Å². The number of aliphatic carboxylic acids is 1. The third-order valence-corrected chi connectivity index (χ3v) is 6.20. The Labute approximate surface area is 233 Å². The van der Waals surface area contributed by atoms with Crippen LogP contribution in [0.15, 0.2) is 42.5 Å². The third-order valence-electron chi connectivity index (χ3n) is 6.20. The summed E-state index contributed by atoms with van der Waals surface area (Å²) in [6.07, 6.45) is 1.78. The number of hydrogen-bond donors (Lipinski definition) is 2. The lowest BCUT2D eigenvalue weighted by atomic mass is 10.0. The molecule has 3 aromatic rings. The van der Waals surface area contributed by atoms with Crippen molar-refractivity contribution < 1.29 is 43.5 Å². The van der Waals surface area contributed by atoms with Crippen LogP contribution in [0.1, 0.15) is 66.3 Å². The Morgan fingerprint density at radius 1 is 0.800 bits per heavy atom. The molecule has 2 N–H and O–H groups in total. The molecule has 214 valence electrons. The zero-order chi connectivity index (χ0) is 29.1. The summed E-state index contributed by atoms with van der Waals surface area (Å²) in [6, 6.07) is 12.3. The van der Waals surface area contributed by atoms with E-state index in [0.717, 1.165) is 11.8 Å². The minimum absolute atomic E-state index is 0.0240. The number of Topliss-reactive ketones (excluding diaryl/α,β-unsaturated/α-hetero) is 2. The van der Waals surface area contributed by atoms with E-state index >= 15 is 0 Å². The molecule has 3 rings (SSSR count). The molecule has 0 saturated carbocycles. The second kappa shape index (κ2) is 14.9. The highest BCUT2D eigenvalue weighted by Crippen LogP contribution is 2.33. The molecule has 0 unspecified atom stereocenters. The quantitative estimate of drug-likeness (QED) is 0.162. The number of aromatic hydroxyl groups is 1. The zero-order valence-corrected chi connectivity index (χ0v) is 23.2. The van der Waals surface area contributed by atoms with E-state index in [1.54, 1.807) is 30.3 Å². The summed E-state index contributed by atoms with van der Waals surface area (Å²) < 4.78 is 23.0. The first kappa shape index (κ1) is 30.4. The fourth-order valence-corrected chi connectivity index (χ4v) is 4.32. The van der Waals surface area contributed by atoms with Gasteiger partial charge in [0.25, 0.3) is 0 Å². The van der Waals surface area contributed by atoms with Crippen molar-refractivity contribution in [1.29, 1.82) is 0 Å². The molecule has 0 aliphatic heterocycles. The number of benzene rings is 3. The summed E-state index contributed by atoms with van der Waals surface area (Å²) in [7, 11) is 0. The molecule has 9 heteroatoms. The lowest BCUT2D eigenvalue weighted by molar-refractivity contribution is -0.137. The average molecular weight is 553 g/mol. The molecule has 0 atom stereocenters. The molecule has 0 fully saturated rings. The van der Waals surface area contributed by atoms with Gasteiger partial charge >= 0.3 is 5.97 Å². The highest BCUT2D eigenvalue weighted by atomic mass is 16.5. The van der Waals surface area contributed by atoms with Crippen LogP contribution in [0.4, 0.5) is 0 Å². The first-order valence-electron chi connectivity index (χ1n) is 13.3. The average Bonchev–Trinajstić information content (AvgIpc) is 2.91. The van der Waals surface area contributed by atoms with Gasteiger partial charge in [0.2, 0.25) is 0 Å². The number of ether oxygens (including phenoxy) is 4. The van der Waals surface area contributed by atoms with E-state index < -0.39 is 5.97 Å². The second-order valence-corrected chi connectivity index (χ2v) is 9.28. The van der Waals surface area contributed by atoms with Gasteiger partial charge in [0.1, 0.15) is 36.2 Å². The standard InChI is InChI=1S/C31H36O9/c1-4-6-25-27(13-11-24(20(2)32)31(25)36)39-17-15-37-16-18-40-28-12-9-22-8-10-23(38-14-5-7-29(34)35)19-26(22)30(28)21(3)33/h8-13,19,36H,4-7,14-18H2,1-3H3,(H,34,35). The summed E-state index contributed by atoms with van der Waals surface area (Å²) in [5.41, 5.74) is 1.33. The normalized spacial score (nSPS) is 10.9. The van der Waals surface area contributed by atoms with Gasteiger partial charge in [0, 0.05) is 12.0 Å². The highest BCUT2D eigenvalue weighted by molar-refractivity contribution is 6.09. The SMILES string of the molecule is CCCc1c(OCCOCCOc2ccc3ccc(OCCCC(=O)O)cc3c2C(C)=O)ccc(C(C)=O)c1O. The maximum absolute atomic E-state index is 12.5. The minimum Gasteiger partial charge on any atom is -0.507 e. The van der Waals surface area contributed by atoms with Gasteiger partial charge in [-0.3, -0.25) is 14.4 Å². The Hall–Kier alpha value is -4.11. The van der Waals surface area contributed by atoms with E-state index in [0.29, 0.717) is 46.6 Å². The molecule has 0 radical (unpaired) electrons. The topological polar surface area (TPSA) is 129 Å². The number of carboxylic acid groups (broad SMARTS) is 1. The largest absolute Gasteiger partial charge is 0.507 e. The Balaban J connectivity index is 1.54. The van der Waals surface area contributed by atoms with Crippen LogP contribution in [0.2, 0.25) is 0 Å². The number of carbonyl (C=O) groups is 3. The molecule has 0 aromatic heterocycles. The van der Waals surface area contributed by atoms with Crippen molar-refractivity contribution in [2.24, 2.45) is 0 Å². The molecule has 40 heavy (non-hydrogen) atoms. The van der Waals surface area contributed by atoms with Crippen LogP contribution in [0.5, 0.6) is 23.0 Å². The predicted molar refractivity (Wildman–Crippen MR) is 150 cm³/mol. The van der Waals surface area contributed by atoms with E-state index in [2.05, 4.69) is 0 Å². The van der Waals surface area contributed by atoms with Crippen molar-refractivity contribution in [3.8, 4) is 23.0 Å². The number of carboxylic acids is 1. The number of carbonyl (C=O) groups excluding carboxylic acids is 2. The van der Waals surface area contributed by atoms with Crippen molar-refractivity contribution in [3.05, 3.63) is 59.2 Å². The molecular formula is C31H36O9. The Morgan fingerprint density at radius 3 is 2.12 bits per heavy atom. The number of ketones is 2. The Bertz CT molecular complexity index is 1350. The van der Waals surface area contributed by atoms with Gasteiger partial charge in [-0.25, -0.2) is 0 Å². The predicted octanol–water partition coefficient (Wildman–Crippen LogP) is 5.62. The Morgan fingerprint density at radius 2 is 1.48 bits per heavy atom. The van der Waals surface area contributed by atoms with E-state index in [-0.39, 0.29) is 62.3 Å². The van der Waals surface area contributed by atoms with Crippen LogP contribution >= 0.6 is 0 Å². The van der Waals surface area contributed by atoms with E-state index in [9.17, 15) is 19.5 Å². The van der Waals surface area contributed by atoms with Crippen LogP contribution < -0.4 is 14.2 Å².